The molecule has 2 rings (SSSR count). The van der Waals surface area contributed by atoms with Crippen LogP contribution in [-0.4, -0.2) is 24.3 Å². The fourth-order valence-electron chi connectivity index (χ4n) is 1.50. The van der Waals surface area contributed by atoms with Crippen molar-refractivity contribution in [3.05, 3.63) is 30.9 Å². The molecular formula is C12H14N2O2S. The summed E-state index contributed by atoms with van der Waals surface area (Å²) in [5, 5.41) is 2.72. The van der Waals surface area contributed by atoms with Crippen molar-refractivity contribution in [3.63, 3.8) is 0 Å². The molecule has 1 amide bonds. The molecule has 4 nitrogen and oxygen atoms in total. The van der Waals surface area contributed by atoms with Crippen LogP contribution in [0.15, 0.2) is 35.7 Å². The number of hydrogen-bond acceptors (Lipinski definition) is 4. The molecule has 0 saturated heterocycles. The van der Waals surface area contributed by atoms with Crippen molar-refractivity contribution in [2.45, 2.75) is 11.0 Å². The van der Waals surface area contributed by atoms with Crippen molar-refractivity contribution < 1.29 is 9.53 Å². The molecule has 1 heterocycles. The smallest absolute Gasteiger partial charge is 0.262 e. The first-order chi connectivity index (χ1) is 8.20. The Morgan fingerprint density at radius 1 is 1.71 bits per heavy atom. The molecule has 90 valence electrons. The van der Waals surface area contributed by atoms with Crippen molar-refractivity contribution in [2.24, 2.45) is 0 Å². The molecule has 0 aromatic heterocycles. The summed E-state index contributed by atoms with van der Waals surface area (Å²) in [5.74, 6) is 1.20. The van der Waals surface area contributed by atoms with Gasteiger partial charge in [-0.3, -0.25) is 4.79 Å². The van der Waals surface area contributed by atoms with Crippen molar-refractivity contribution >= 4 is 23.4 Å². The van der Waals surface area contributed by atoms with Gasteiger partial charge in [-0.05, 0) is 18.2 Å². The lowest BCUT2D eigenvalue weighted by molar-refractivity contribution is -0.126. The Labute approximate surface area is 104 Å². The van der Waals surface area contributed by atoms with E-state index in [0.29, 0.717) is 23.7 Å². The number of nitrogens with two attached hydrogens (primary N) is 1. The zero-order chi connectivity index (χ0) is 12.3. The number of nitrogen functional groups attached to an aromatic ring is 1. The molecule has 1 aromatic carbocycles. The second kappa shape index (κ2) is 5.14. The zero-order valence-corrected chi connectivity index (χ0v) is 10.1. The lowest BCUT2D eigenvalue weighted by Gasteiger charge is -2.24. The molecule has 1 aliphatic rings. The number of benzene rings is 1. The minimum absolute atomic E-state index is 0.111. The molecule has 1 unspecified atom stereocenters. The first-order valence-corrected chi connectivity index (χ1v) is 6.27. The summed E-state index contributed by atoms with van der Waals surface area (Å²) in [4.78, 5) is 12.7. The third-order valence-electron chi connectivity index (χ3n) is 2.34. The van der Waals surface area contributed by atoms with E-state index in [9.17, 15) is 4.79 Å². The monoisotopic (exact) mass is 250 g/mol. The highest BCUT2D eigenvalue weighted by Gasteiger charge is 2.26. The number of carbonyl (C=O) groups is 1. The third kappa shape index (κ3) is 2.74. The van der Waals surface area contributed by atoms with E-state index in [-0.39, 0.29) is 5.91 Å². The second-order valence-corrected chi connectivity index (χ2v) is 4.72. The molecule has 1 aliphatic heterocycles. The molecule has 0 bridgehead atoms. The predicted octanol–water partition coefficient (Wildman–Crippen LogP) is 1.42. The van der Waals surface area contributed by atoms with Crippen LogP contribution in [0, 0.1) is 0 Å². The number of anilines is 1. The van der Waals surface area contributed by atoms with E-state index in [0.717, 1.165) is 4.90 Å². The normalized spacial score (nSPS) is 17.8. The van der Waals surface area contributed by atoms with E-state index in [1.165, 1.54) is 0 Å². The highest BCUT2D eigenvalue weighted by Crippen LogP contribution is 2.36. The van der Waals surface area contributed by atoms with Crippen molar-refractivity contribution in [1.82, 2.24) is 5.32 Å². The van der Waals surface area contributed by atoms with Crippen LogP contribution in [-0.2, 0) is 4.79 Å². The lowest BCUT2D eigenvalue weighted by atomic mass is 10.3. The summed E-state index contributed by atoms with van der Waals surface area (Å²) in [6, 6.07) is 5.42. The van der Waals surface area contributed by atoms with E-state index in [2.05, 4.69) is 11.9 Å². The highest BCUT2D eigenvalue weighted by atomic mass is 32.2. The van der Waals surface area contributed by atoms with Crippen LogP contribution in [0.5, 0.6) is 5.75 Å². The van der Waals surface area contributed by atoms with Crippen LogP contribution < -0.4 is 15.8 Å². The second-order valence-electron chi connectivity index (χ2n) is 3.66. The number of rotatable bonds is 3. The van der Waals surface area contributed by atoms with Gasteiger partial charge in [0.05, 0.1) is 4.90 Å². The van der Waals surface area contributed by atoms with Crippen LogP contribution in [0.2, 0.25) is 0 Å². The molecule has 1 aromatic rings. The molecule has 3 N–H and O–H groups in total. The molecule has 0 fully saturated rings. The molecular weight excluding hydrogens is 236 g/mol. The first kappa shape index (κ1) is 11.9. The molecule has 5 heteroatoms. The Morgan fingerprint density at radius 2 is 2.53 bits per heavy atom. The Kier molecular flexibility index (Phi) is 3.58. The maximum Gasteiger partial charge on any atom is 0.262 e. The van der Waals surface area contributed by atoms with Gasteiger partial charge in [0.15, 0.2) is 6.10 Å². The van der Waals surface area contributed by atoms with Gasteiger partial charge in [0, 0.05) is 18.0 Å². The highest BCUT2D eigenvalue weighted by molar-refractivity contribution is 7.99. The minimum atomic E-state index is -0.448. The molecule has 0 spiro atoms. The number of nitrogens with one attached hydrogen (secondary N) is 1. The third-order valence-corrected chi connectivity index (χ3v) is 3.44. The first-order valence-electron chi connectivity index (χ1n) is 5.28. The van der Waals surface area contributed by atoms with Crippen LogP contribution in [0.3, 0.4) is 0 Å². The lowest BCUT2D eigenvalue weighted by Crippen LogP contribution is -2.41. The van der Waals surface area contributed by atoms with Gasteiger partial charge in [0.1, 0.15) is 5.75 Å². The van der Waals surface area contributed by atoms with Gasteiger partial charge >= 0.3 is 0 Å². The molecule has 0 aliphatic carbocycles. The minimum Gasteiger partial charge on any atom is -0.479 e. The maximum absolute atomic E-state index is 11.7. The van der Waals surface area contributed by atoms with Crippen molar-refractivity contribution in [2.75, 3.05) is 18.0 Å². The van der Waals surface area contributed by atoms with Gasteiger partial charge in [-0.25, -0.2) is 0 Å². The van der Waals surface area contributed by atoms with Crippen LogP contribution in [0.1, 0.15) is 0 Å². The van der Waals surface area contributed by atoms with E-state index in [1.54, 1.807) is 30.0 Å². The van der Waals surface area contributed by atoms with Crippen molar-refractivity contribution in [3.8, 4) is 5.75 Å². The average Bonchev–Trinajstić information content (AvgIpc) is 2.35. The van der Waals surface area contributed by atoms with Gasteiger partial charge in [-0.2, -0.15) is 0 Å². The summed E-state index contributed by atoms with van der Waals surface area (Å²) in [6.07, 6.45) is 1.19. The standard InChI is InChI=1S/C12H14N2O2S/c1-2-5-14-12(15)10-7-17-11-6-8(13)3-4-9(11)16-10/h2-4,6,10H,1,5,7,13H2,(H,14,15). The van der Waals surface area contributed by atoms with Gasteiger partial charge in [-0.15, -0.1) is 18.3 Å². The number of ether oxygens (including phenoxy) is 1. The average molecular weight is 250 g/mol. The Bertz CT molecular complexity index is 448. The summed E-state index contributed by atoms with van der Waals surface area (Å²) < 4.78 is 5.62. The maximum atomic E-state index is 11.7. The number of carbonyl (C=O) groups excluding carboxylic acids is 1. The number of amides is 1. The molecule has 1 atom stereocenters. The van der Waals surface area contributed by atoms with E-state index in [1.807, 2.05) is 6.07 Å². The summed E-state index contributed by atoms with van der Waals surface area (Å²) >= 11 is 1.58. The molecule has 0 saturated carbocycles. The van der Waals surface area contributed by atoms with E-state index >= 15 is 0 Å². The van der Waals surface area contributed by atoms with Gasteiger partial charge in [0.25, 0.3) is 5.91 Å². The fraction of sp³-hybridized carbons (Fsp3) is 0.250. The summed E-state index contributed by atoms with van der Waals surface area (Å²) in [6.45, 7) is 4.01. The fourth-order valence-corrected chi connectivity index (χ4v) is 2.53. The molecule has 0 radical (unpaired) electrons. The predicted molar refractivity (Wildman–Crippen MR) is 69.2 cm³/mol. The van der Waals surface area contributed by atoms with E-state index in [4.69, 9.17) is 10.5 Å². The quantitative estimate of drug-likeness (QED) is 0.629. The van der Waals surface area contributed by atoms with Crippen molar-refractivity contribution in [1.29, 1.82) is 0 Å². The zero-order valence-electron chi connectivity index (χ0n) is 9.31. The van der Waals surface area contributed by atoms with Gasteiger partial charge in [-0.1, -0.05) is 6.08 Å². The summed E-state index contributed by atoms with van der Waals surface area (Å²) in [7, 11) is 0. The molecule has 17 heavy (non-hydrogen) atoms. The number of hydrogen-bond donors (Lipinski definition) is 2. The topological polar surface area (TPSA) is 64.4 Å². The van der Waals surface area contributed by atoms with Gasteiger partial charge < -0.3 is 15.8 Å². The Morgan fingerprint density at radius 3 is 3.29 bits per heavy atom. The SMILES string of the molecule is C=CCNC(=O)C1CSc2cc(N)ccc2O1. The van der Waals surface area contributed by atoms with E-state index < -0.39 is 6.10 Å². The number of fused-ring (bicyclic) bond motifs is 1. The Balaban J connectivity index is 2.05. The summed E-state index contributed by atoms with van der Waals surface area (Å²) in [5.41, 5.74) is 6.39. The Hall–Kier alpha value is -1.62. The van der Waals surface area contributed by atoms with Crippen LogP contribution in [0.4, 0.5) is 5.69 Å². The van der Waals surface area contributed by atoms with Gasteiger partial charge in [0.2, 0.25) is 0 Å². The van der Waals surface area contributed by atoms with Crippen LogP contribution in [0.25, 0.3) is 0 Å². The van der Waals surface area contributed by atoms with Crippen LogP contribution >= 0.6 is 11.8 Å². The number of thioether (sulfide) groups is 1. The largest absolute Gasteiger partial charge is 0.479 e.